The van der Waals surface area contributed by atoms with Crippen molar-refractivity contribution in [3.05, 3.63) is 42.0 Å². The molecule has 2 heterocycles. The van der Waals surface area contributed by atoms with Crippen molar-refractivity contribution in [1.29, 1.82) is 0 Å². The van der Waals surface area contributed by atoms with Crippen LogP contribution in [0, 0.1) is 6.92 Å². The Morgan fingerprint density at radius 1 is 1.33 bits per heavy atom. The summed E-state index contributed by atoms with van der Waals surface area (Å²) in [5.74, 6) is 1.13. The smallest absolute Gasteiger partial charge is 0.160 e. The summed E-state index contributed by atoms with van der Waals surface area (Å²) in [4.78, 5) is 12.7. The predicted molar refractivity (Wildman–Crippen MR) is 59.6 cm³/mol. The molecule has 4 heteroatoms. The molecule has 0 bridgehead atoms. The van der Waals surface area contributed by atoms with Gasteiger partial charge in [-0.25, -0.2) is 9.97 Å². The molecule has 0 amide bonds. The van der Waals surface area contributed by atoms with Crippen LogP contribution in [0.5, 0.6) is 0 Å². The molecule has 0 aromatic carbocycles. The largest absolute Gasteiger partial charge is 0.264 e. The number of nitrogens with zero attached hydrogens (tertiary/aromatic N) is 3. The van der Waals surface area contributed by atoms with Gasteiger partial charge in [0.25, 0.3) is 0 Å². The second-order valence-corrected chi connectivity index (χ2v) is 3.45. The molecule has 0 aliphatic heterocycles. The van der Waals surface area contributed by atoms with E-state index in [0.29, 0.717) is 11.7 Å². The normalized spacial score (nSPS) is 10.3. The highest BCUT2D eigenvalue weighted by Gasteiger charge is 2.04. The fourth-order valence-electron chi connectivity index (χ4n) is 1.26. The summed E-state index contributed by atoms with van der Waals surface area (Å²) in [6.45, 7) is 1.93. The monoisotopic (exact) mass is 219 g/mol. The number of pyridine rings is 1. The standard InChI is InChI=1S/C11H10ClN3/c1-8-10(5-12)7-14-11(15-8)9-3-2-4-13-6-9/h2-4,6-7H,5H2,1H3. The summed E-state index contributed by atoms with van der Waals surface area (Å²) >= 11 is 5.74. The highest BCUT2D eigenvalue weighted by molar-refractivity contribution is 6.17. The van der Waals surface area contributed by atoms with Gasteiger partial charge in [-0.15, -0.1) is 11.6 Å². The van der Waals surface area contributed by atoms with E-state index in [1.807, 2.05) is 19.1 Å². The maximum Gasteiger partial charge on any atom is 0.160 e. The molecule has 0 radical (unpaired) electrons. The molecule has 76 valence electrons. The van der Waals surface area contributed by atoms with Crippen LogP contribution in [0.25, 0.3) is 11.4 Å². The minimum Gasteiger partial charge on any atom is -0.264 e. The lowest BCUT2D eigenvalue weighted by Gasteiger charge is -2.03. The van der Waals surface area contributed by atoms with E-state index in [1.54, 1.807) is 18.6 Å². The number of alkyl halides is 1. The minimum absolute atomic E-state index is 0.444. The van der Waals surface area contributed by atoms with Gasteiger partial charge in [0.2, 0.25) is 0 Å². The topological polar surface area (TPSA) is 38.7 Å². The van der Waals surface area contributed by atoms with Crippen molar-refractivity contribution in [2.45, 2.75) is 12.8 Å². The number of hydrogen-bond donors (Lipinski definition) is 0. The predicted octanol–water partition coefficient (Wildman–Crippen LogP) is 2.59. The lowest BCUT2D eigenvalue weighted by atomic mass is 10.2. The summed E-state index contributed by atoms with van der Waals surface area (Å²) in [7, 11) is 0. The van der Waals surface area contributed by atoms with E-state index in [-0.39, 0.29) is 0 Å². The Labute approximate surface area is 93.2 Å². The first-order valence-electron chi connectivity index (χ1n) is 4.60. The molecule has 0 aliphatic rings. The molecule has 0 saturated carbocycles. The Bertz CT molecular complexity index is 457. The lowest BCUT2D eigenvalue weighted by Crippen LogP contribution is -1.96. The van der Waals surface area contributed by atoms with Crippen molar-refractivity contribution in [3.63, 3.8) is 0 Å². The van der Waals surface area contributed by atoms with Crippen LogP contribution in [0.1, 0.15) is 11.3 Å². The molecule has 0 spiro atoms. The van der Waals surface area contributed by atoms with E-state index in [9.17, 15) is 0 Å². The molecule has 0 fully saturated rings. The molecule has 0 atom stereocenters. The number of hydrogen-bond acceptors (Lipinski definition) is 3. The van der Waals surface area contributed by atoms with Gasteiger partial charge in [-0.1, -0.05) is 0 Å². The number of rotatable bonds is 2. The molecule has 0 aliphatic carbocycles. The first-order valence-corrected chi connectivity index (χ1v) is 5.13. The molecule has 2 aromatic heterocycles. The van der Waals surface area contributed by atoms with Crippen LogP contribution in [-0.4, -0.2) is 15.0 Å². The van der Waals surface area contributed by atoms with Gasteiger partial charge in [-0.3, -0.25) is 4.98 Å². The summed E-state index contributed by atoms with van der Waals surface area (Å²) < 4.78 is 0. The summed E-state index contributed by atoms with van der Waals surface area (Å²) in [6, 6.07) is 3.80. The maximum absolute atomic E-state index is 5.74. The first-order chi connectivity index (χ1) is 7.31. The molecule has 2 aromatic rings. The third kappa shape index (κ3) is 2.13. The van der Waals surface area contributed by atoms with Gasteiger partial charge in [-0.2, -0.15) is 0 Å². The number of aryl methyl sites for hydroxylation is 1. The highest BCUT2D eigenvalue weighted by atomic mass is 35.5. The second-order valence-electron chi connectivity index (χ2n) is 3.18. The molecular formula is C11H10ClN3. The first kappa shape index (κ1) is 10.1. The maximum atomic E-state index is 5.74. The van der Waals surface area contributed by atoms with Gasteiger partial charge >= 0.3 is 0 Å². The van der Waals surface area contributed by atoms with Gasteiger partial charge in [0.15, 0.2) is 5.82 Å². The molecule has 15 heavy (non-hydrogen) atoms. The van der Waals surface area contributed by atoms with Crippen molar-refractivity contribution in [3.8, 4) is 11.4 Å². The molecule has 2 rings (SSSR count). The van der Waals surface area contributed by atoms with Crippen LogP contribution in [0.15, 0.2) is 30.7 Å². The van der Waals surface area contributed by atoms with E-state index in [2.05, 4.69) is 15.0 Å². The third-order valence-corrected chi connectivity index (χ3v) is 2.43. The average molecular weight is 220 g/mol. The SMILES string of the molecule is Cc1nc(-c2cccnc2)ncc1CCl. The van der Waals surface area contributed by atoms with Gasteiger partial charge in [0.1, 0.15) is 0 Å². The molecule has 3 nitrogen and oxygen atoms in total. The fraction of sp³-hybridized carbons (Fsp3) is 0.182. The van der Waals surface area contributed by atoms with Gasteiger partial charge < -0.3 is 0 Å². The Morgan fingerprint density at radius 2 is 2.20 bits per heavy atom. The van der Waals surface area contributed by atoms with Gasteiger partial charge in [0.05, 0.1) is 5.88 Å². The van der Waals surface area contributed by atoms with Crippen LogP contribution in [0.3, 0.4) is 0 Å². The number of aromatic nitrogens is 3. The Balaban J connectivity index is 2.43. The zero-order chi connectivity index (χ0) is 10.7. The molecule has 0 N–H and O–H groups in total. The average Bonchev–Trinajstić information content (AvgIpc) is 2.30. The van der Waals surface area contributed by atoms with Crippen LogP contribution in [-0.2, 0) is 5.88 Å². The zero-order valence-corrected chi connectivity index (χ0v) is 9.07. The van der Waals surface area contributed by atoms with Gasteiger partial charge in [-0.05, 0) is 19.1 Å². The van der Waals surface area contributed by atoms with E-state index in [4.69, 9.17) is 11.6 Å². The number of halogens is 1. The minimum atomic E-state index is 0.444. The Kier molecular flexibility index (Phi) is 2.92. The Morgan fingerprint density at radius 3 is 2.80 bits per heavy atom. The highest BCUT2D eigenvalue weighted by Crippen LogP contribution is 2.15. The van der Waals surface area contributed by atoms with Crippen LogP contribution in [0.2, 0.25) is 0 Å². The van der Waals surface area contributed by atoms with E-state index >= 15 is 0 Å². The third-order valence-electron chi connectivity index (χ3n) is 2.14. The van der Waals surface area contributed by atoms with Crippen molar-refractivity contribution in [2.24, 2.45) is 0 Å². The summed E-state index contributed by atoms with van der Waals surface area (Å²) in [6.07, 6.45) is 5.23. The summed E-state index contributed by atoms with van der Waals surface area (Å²) in [5.41, 5.74) is 2.80. The van der Waals surface area contributed by atoms with Crippen LogP contribution in [0.4, 0.5) is 0 Å². The van der Waals surface area contributed by atoms with Crippen molar-refractivity contribution >= 4 is 11.6 Å². The van der Waals surface area contributed by atoms with Crippen molar-refractivity contribution in [1.82, 2.24) is 15.0 Å². The van der Waals surface area contributed by atoms with Crippen LogP contribution < -0.4 is 0 Å². The van der Waals surface area contributed by atoms with E-state index in [0.717, 1.165) is 16.8 Å². The fourth-order valence-corrected chi connectivity index (χ4v) is 1.52. The Hall–Kier alpha value is -1.48. The zero-order valence-electron chi connectivity index (χ0n) is 8.31. The summed E-state index contributed by atoms with van der Waals surface area (Å²) in [5, 5.41) is 0. The van der Waals surface area contributed by atoms with Crippen molar-refractivity contribution < 1.29 is 0 Å². The van der Waals surface area contributed by atoms with E-state index in [1.165, 1.54) is 0 Å². The van der Waals surface area contributed by atoms with Gasteiger partial charge in [0, 0.05) is 35.4 Å². The van der Waals surface area contributed by atoms with E-state index < -0.39 is 0 Å². The molecule has 0 saturated heterocycles. The lowest BCUT2D eigenvalue weighted by molar-refractivity contribution is 1.06. The molecule has 0 unspecified atom stereocenters. The van der Waals surface area contributed by atoms with Crippen molar-refractivity contribution in [2.75, 3.05) is 0 Å². The molecular weight excluding hydrogens is 210 g/mol. The van der Waals surface area contributed by atoms with Crippen LogP contribution >= 0.6 is 11.6 Å². The second kappa shape index (κ2) is 4.36. The quantitative estimate of drug-likeness (QED) is 0.729.